The maximum atomic E-state index is 10.7. The van der Waals surface area contributed by atoms with Gasteiger partial charge in [-0.05, 0) is 17.6 Å². The van der Waals surface area contributed by atoms with Crippen LogP contribution in [0.5, 0.6) is 0 Å². The number of thiol groups is 1. The standard InChI is InChI=1S/C8H7NO2S/c10-8(11)12-4-2-6-5-9-3-1-7(6)12/h1-5,12H,(H,10,11). The molecule has 0 spiro atoms. The Morgan fingerprint density at radius 2 is 2.42 bits per heavy atom. The lowest BCUT2D eigenvalue weighted by molar-refractivity contribution is 0.222. The molecule has 1 N–H and O–H groups in total. The van der Waals surface area contributed by atoms with E-state index in [1.165, 1.54) is 0 Å². The number of carboxylic acid groups (broad SMARTS) is 1. The van der Waals surface area contributed by atoms with Crippen LogP contribution >= 0.6 is 10.9 Å². The molecule has 2 rings (SSSR count). The van der Waals surface area contributed by atoms with Gasteiger partial charge in [-0.1, -0.05) is 0 Å². The summed E-state index contributed by atoms with van der Waals surface area (Å²) in [5.74, 6) is 0. The van der Waals surface area contributed by atoms with Crippen LogP contribution in [0.4, 0.5) is 4.79 Å². The molecule has 12 heavy (non-hydrogen) atoms. The summed E-state index contributed by atoms with van der Waals surface area (Å²) in [7, 11) is -1.12. The Labute approximate surface area is 72.1 Å². The SMILES string of the molecule is O=C(O)[SH]1C=Cc2cnccc21. The summed E-state index contributed by atoms with van der Waals surface area (Å²) in [4.78, 5) is 15.5. The smallest absolute Gasteiger partial charge is 0.352 e. The van der Waals surface area contributed by atoms with Gasteiger partial charge in [-0.15, -0.1) is 10.9 Å². The number of nitrogens with zero attached hydrogens (tertiary/aromatic N) is 1. The molecule has 1 aromatic heterocycles. The van der Waals surface area contributed by atoms with Crippen LogP contribution in [0.2, 0.25) is 0 Å². The average Bonchev–Trinajstić information content (AvgIpc) is 2.47. The quantitative estimate of drug-likeness (QED) is 0.602. The van der Waals surface area contributed by atoms with Crippen LogP contribution in [0.3, 0.4) is 0 Å². The molecule has 4 heteroatoms. The highest BCUT2D eigenvalue weighted by molar-refractivity contribution is 8.32. The molecule has 0 radical (unpaired) electrons. The predicted octanol–water partition coefficient (Wildman–Crippen LogP) is 2.10. The minimum absolute atomic E-state index is 0.744. The summed E-state index contributed by atoms with van der Waals surface area (Å²) in [6.07, 6.45) is 5.14. The molecule has 1 unspecified atom stereocenters. The van der Waals surface area contributed by atoms with E-state index in [-0.39, 0.29) is 0 Å². The third-order valence-corrected chi connectivity index (χ3v) is 3.48. The third-order valence-electron chi connectivity index (χ3n) is 1.70. The molecule has 1 aliphatic heterocycles. The van der Waals surface area contributed by atoms with Crippen LogP contribution < -0.4 is 0 Å². The van der Waals surface area contributed by atoms with Gasteiger partial charge in [-0.25, -0.2) is 4.79 Å². The summed E-state index contributed by atoms with van der Waals surface area (Å²) in [5, 5.41) is 9.81. The Bertz CT molecular complexity index is 362. The lowest BCUT2D eigenvalue weighted by Gasteiger charge is -2.07. The molecule has 0 bridgehead atoms. The molecule has 0 saturated carbocycles. The minimum Gasteiger partial charge on any atom is -0.474 e. The number of carbonyl (C=O) groups is 1. The Balaban J connectivity index is 2.49. The molecule has 0 fully saturated rings. The fraction of sp³-hybridized carbons (Fsp3) is 0. The Hall–Kier alpha value is -1.29. The number of aromatic nitrogens is 1. The second-order valence-corrected chi connectivity index (χ2v) is 4.31. The zero-order chi connectivity index (χ0) is 8.55. The van der Waals surface area contributed by atoms with Crippen molar-refractivity contribution < 1.29 is 9.90 Å². The highest BCUT2D eigenvalue weighted by atomic mass is 32.2. The molecule has 3 nitrogen and oxygen atoms in total. The van der Waals surface area contributed by atoms with Gasteiger partial charge in [-0.3, -0.25) is 4.98 Å². The molecular weight excluding hydrogens is 174 g/mol. The fourth-order valence-corrected chi connectivity index (χ4v) is 2.59. The van der Waals surface area contributed by atoms with Crippen LogP contribution in [0, 0.1) is 0 Å². The van der Waals surface area contributed by atoms with Crippen LogP contribution in [-0.4, -0.2) is 15.4 Å². The van der Waals surface area contributed by atoms with Gasteiger partial charge in [0, 0.05) is 22.9 Å². The van der Waals surface area contributed by atoms with Crippen molar-refractivity contribution in [2.24, 2.45) is 0 Å². The molecule has 62 valence electrons. The van der Waals surface area contributed by atoms with E-state index in [4.69, 9.17) is 5.11 Å². The van der Waals surface area contributed by atoms with Gasteiger partial charge in [0.1, 0.15) is 0 Å². The Morgan fingerprint density at radius 3 is 3.17 bits per heavy atom. The van der Waals surface area contributed by atoms with Crippen LogP contribution in [0.25, 0.3) is 6.08 Å². The molecule has 1 aromatic rings. The number of fused-ring (bicyclic) bond motifs is 1. The number of hydrogen-bond acceptors (Lipinski definition) is 2. The Morgan fingerprint density at radius 1 is 1.58 bits per heavy atom. The maximum Gasteiger partial charge on any atom is 0.352 e. The fourth-order valence-electron chi connectivity index (χ4n) is 1.15. The van der Waals surface area contributed by atoms with Crippen molar-refractivity contribution in [3.05, 3.63) is 29.4 Å². The minimum atomic E-state index is -1.12. The van der Waals surface area contributed by atoms with Crippen molar-refractivity contribution >= 4 is 22.3 Å². The zero-order valence-electron chi connectivity index (χ0n) is 6.14. The van der Waals surface area contributed by atoms with E-state index in [1.54, 1.807) is 23.9 Å². The first-order valence-corrected chi connectivity index (χ1v) is 4.84. The molecule has 0 amide bonds. The molecule has 1 aliphatic rings. The van der Waals surface area contributed by atoms with E-state index in [2.05, 4.69) is 4.98 Å². The Kier molecular flexibility index (Phi) is 1.62. The highest BCUT2D eigenvalue weighted by Crippen LogP contribution is 2.45. The van der Waals surface area contributed by atoms with Gasteiger partial charge in [-0.2, -0.15) is 0 Å². The summed E-state index contributed by atoms with van der Waals surface area (Å²) < 4.78 is 0. The zero-order valence-corrected chi connectivity index (χ0v) is 7.03. The molecule has 0 saturated heterocycles. The van der Waals surface area contributed by atoms with E-state index >= 15 is 0 Å². The van der Waals surface area contributed by atoms with E-state index in [0.29, 0.717) is 0 Å². The van der Waals surface area contributed by atoms with Gasteiger partial charge in [0.05, 0.1) is 0 Å². The van der Waals surface area contributed by atoms with E-state index < -0.39 is 16.2 Å². The van der Waals surface area contributed by atoms with Crippen LogP contribution in [0.1, 0.15) is 5.56 Å². The van der Waals surface area contributed by atoms with Crippen molar-refractivity contribution in [1.82, 2.24) is 4.98 Å². The lowest BCUT2D eigenvalue weighted by atomic mass is 10.3. The first kappa shape index (κ1) is 7.36. The number of hydrogen-bond donors (Lipinski definition) is 2. The highest BCUT2D eigenvalue weighted by Gasteiger charge is 2.18. The third kappa shape index (κ3) is 1.00. The molecule has 0 aromatic carbocycles. The van der Waals surface area contributed by atoms with Crippen molar-refractivity contribution in [2.75, 3.05) is 0 Å². The first-order valence-electron chi connectivity index (χ1n) is 3.43. The largest absolute Gasteiger partial charge is 0.474 e. The van der Waals surface area contributed by atoms with Crippen molar-refractivity contribution in [2.45, 2.75) is 4.90 Å². The van der Waals surface area contributed by atoms with Gasteiger partial charge in [0.15, 0.2) is 0 Å². The van der Waals surface area contributed by atoms with Gasteiger partial charge in [0.25, 0.3) is 0 Å². The predicted molar refractivity (Wildman–Crippen MR) is 48.5 cm³/mol. The van der Waals surface area contributed by atoms with Gasteiger partial charge >= 0.3 is 5.30 Å². The second kappa shape index (κ2) is 2.64. The number of rotatable bonds is 0. The van der Waals surface area contributed by atoms with E-state index in [1.807, 2.05) is 6.08 Å². The summed E-state index contributed by atoms with van der Waals surface area (Å²) in [6.45, 7) is 0. The summed E-state index contributed by atoms with van der Waals surface area (Å²) >= 11 is 0. The molecular formula is C8H7NO2S. The van der Waals surface area contributed by atoms with Crippen molar-refractivity contribution in [3.63, 3.8) is 0 Å². The monoisotopic (exact) mass is 181 g/mol. The van der Waals surface area contributed by atoms with E-state index in [0.717, 1.165) is 10.5 Å². The lowest BCUT2D eigenvalue weighted by Crippen LogP contribution is -1.91. The van der Waals surface area contributed by atoms with Crippen molar-refractivity contribution in [1.29, 1.82) is 0 Å². The van der Waals surface area contributed by atoms with Crippen molar-refractivity contribution in [3.8, 4) is 0 Å². The maximum absolute atomic E-state index is 10.7. The topological polar surface area (TPSA) is 50.2 Å². The van der Waals surface area contributed by atoms with Gasteiger partial charge < -0.3 is 5.11 Å². The number of pyridine rings is 1. The normalized spacial score (nSPS) is 22.2. The van der Waals surface area contributed by atoms with E-state index in [9.17, 15) is 4.79 Å². The average molecular weight is 181 g/mol. The molecule has 1 atom stereocenters. The first-order chi connectivity index (χ1) is 5.79. The van der Waals surface area contributed by atoms with Gasteiger partial charge in [0.2, 0.25) is 0 Å². The molecule has 0 aliphatic carbocycles. The van der Waals surface area contributed by atoms with Crippen LogP contribution in [0.15, 0.2) is 28.8 Å². The summed E-state index contributed by atoms with van der Waals surface area (Å²) in [5.41, 5.74) is 0.936. The molecule has 2 heterocycles. The van der Waals surface area contributed by atoms with Crippen LogP contribution in [-0.2, 0) is 0 Å². The summed E-state index contributed by atoms with van der Waals surface area (Å²) in [6, 6.07) is 1.77. The second-order valence-electron chi connectivity index (χ2n) is 2.40.